The Kier molecular flexibility index (Phi) is 3.50. The number of rotatable bonds is 3. The maximum Gasteiger partial charge on any atom is 0.244 e. The lowest BCUT2D eigenvalue weighted by atomic mass is 9.87. The van der Waals surface area contributed by atoms with Crippen LogP contribution in [-0.4, -0.2) is 10.1 Å². The largest absolute Gasteiger partial charge is 0.338 e. The van der Waals surface area contributed by atoms with Crippen LogP contribution in [0.2, 0.25) is 0 Å². The highest BCUT2D eigenvalue weighted by molar-refractivity contribution is 4.96. The lowest BCUT2D eigenvalue weighted by Crippen LogP contribution is -2.26. The first-order valence-electron chi connectivity index (χ1n) is 5.38. The second kappa shape index (κ2) is 4.31. The van der Waals surface area contributed by atoms with Gasteiger partial charge >= 0.3 is 0 Å². The quantitative estimate of drug-likeness (QED) is 0.833. The zero-order valence-electron chi connectivity index (χ0n) is 10.2. The van der Waals surface area contributed by atoms with Crippen molar-refractivity contribution in [2.24, 2.45) is 17.1 Å². The maximum absolute atomic E-state index is 6.02. The molecule has 0 spiro atoms. The molecule has 1 heterocycles. The van der Waals surface area contributed by atoms with Gasteiger partial charge in [-0.15, -0.1) is 0 Å². The van der Waals surface area contributed by atoms with Crippen LogP contribution in [0.15, 0.2) is 4.52 Å². The molecule has 0 saturated carbocycles. The minimum Gasteiger partial charge on any atom is -0.338 e. The topological polar surface area (TPSA) is 64.9 Å². The smallest absolute Gasteiger partial charge is 0.244 e. The van der Waals surface area contributed by atoms with Gasteiger partial charge in [-0.3, -0.25) is 0 Å². The van der Waals surface area contributed by atoms with Crippen LogP contribution in [0.25, 0.3) is 0 Å². The van der Waals surface area contributed by atoms with Crippen LogP contribution in [0, 0.1) is 11.3 Å². The minimum absolute atomic E-state index is 0.0539. The molecule has 0 aliphatic rings. The molecule has 15 heavy (non-hydrogen) atoms. The summed E-state index contributed by atoms with van der Waals surface area (Å²) in [6, 6.07) is -0.203. The molecule has 0 aliphatic carbocycles. The van der Waals surface area contributed by atoms with Gasteiger partial charge in [0.15, 0.2) is 5.82 Å². The average molecular weight is 211 g/mol. The van der Waals surface area contributed by atoms with Gasteiger partial charge in [0, 0.05) is 6.42 Å². The third-order valence-electron chi connectivity index (χ3n) is 2.27. The first kappa shape index (κ1) is 12.2. The van der Waals surface area contributed by atoms with Crippen molar-refractivity contribution >= 4 is 0 Å². The maximum atomic E-state index is 6.02. The Morgan fingerprint density at radius 3 is 2.40 bits per heavy atom. The first-order valence-corrected chi connectivity index (χ1v) is 5.38. The van der Waals surface area contributed by atoms with Gasteiger partial charge in [-0.25, -0.2) is 0 Å². The molecule has 1 aromatic rings. The molecule has 4 nitrogen and oxygen atoms in total. The summed E-state index contributed by atoms with van der Waals surface area (Å²) in [5.74, 6) is 1.82. The molecular weight excluding hydrogens is 190 g/mol. The fourth-order valence-corrected chi connectivity index (χ4v) is 1.21. The van der Waals surface area contributed by atoms with Crippen LogP contribution in [0.5, 0.6) is 0 Å². The van der Waals surface area contributed by atoms with Crippen molar-refractivity contribution in [3.8, 4) is 0 Å². The van der Waals surface area contributed by atoms with Gasteiger partial charge in [-0.05, 0) is 11.3 Å². The Morgan fingerprint density at radius 1 is 1.33 bits per heavy atom. The van der Waals surface area contributed by atoms with Crippen LogP contribution < -0.4 is 5.73 Å². The van der Waals surface area contributed by atoms with Crippen LogP contribution in [0.4, 0.5) is 0 Å². The zero-order chi connectivity index (χ0) is 11.6. The lowest BCUT2D eigenvalue weighted by Gasteiger charge is -2.23. The van der Waals surface area contributed by atoms with E-state index in [-0.39, 0.29) is 11.5 Å². The molecular formula is C11H21N3O. The van der Waals surface area contributed by atoms with Crippen molar-refractivity contribution in [1.29, 1.82) is 0 Å². The van der Waals surface area contributed by atoms with Crippen molar-refractivity contribution in [3.05, 3.63) is 11.7 Å². The fourth-order valence-electron chi connectivity index (χ4n) is 1.21. The van der Waals surface area contributed by atoms with Gasteiger partial charge in [-0.2, -0.15) is 4.98 Å². The number of hydrogen-bond donors (Lipinski definition) is 1. The standard InChI is InChI=1S/C11H21N3O/c1-7(2)6-8-13-10(15-14-8)9(12)11(3,4)5/h7,9H,6,12H2,1-5H3. The van der Waals surface area contributed by atoms with Gasteiger partial charge in [-0.1, -0.05) is 39.8 Å². The van der Waals surface area contributed by atoms with E-state index in [4.69, 9.17) is 10.3 Å². The third kappa shape index (κ3) is 3.30. The summed E-state index contributed by atoms with van der Waals surface area (Å²) >= 11 is 0. The molecule has 0 aromatic carbocycles. The second-order valence-electron chi connectivity index (χ2n) is 5.49. The van der Waals surface area contributed by atoms with Crippen LogP contribution >= 0.6 is 0 Å². The van der Waals surface area contributed by atoms with E-state index in [0.717, 1.165) is 12.2 Å². The highest BCUT2D eigenvalue weighted by atomic mass is 16.5. The fraction of sp³-hybridized carbons (Fsp3) is 0.818. The molecule has 0 radical (unpaired) electrons. The predicted octanol–water partition coefficient (Wildman–Crippen LogP) is 2.31. The third-order valence-corrected chi connectivity index (χ3v) is 2.27. The minimum atomic E-state index is -0.203. The highest BCUT2D eigenvalue weighted by Crippen LogP contribution is 2.29. The number of nitrogens with zero attached hydrogens (tertiary/aromatic N) is 2. The highest BCUT2D eigenvalue weighted by Gasteiger charge is 2.27. The molecule has 0 aliphatic heterocycles. The van der Waals surface area contributed by atoms with Gasteiger partial charge < -0.3 is 10.3 Å². The molecule has 4 heteroatoms. The van der Waals surface area contributed by atoms with Crippen LogP contribution in [0.3, 0.4) is 0 Å². The van der Waals surface area contributed by atoms with E-state index in [2.05, 4.69) is 44.8 Å². The van der Waals surface area contributed by atoms with E-state index in [9.17, 15) is 0 Å². The predicted molar refractivity (Wildman–Crippen MR) is 59.2 cm³/mol. The van der Waals surface area contributed by atoms with Crippen molar-refractivity contribution in [3.63, 3.8) is 0 Å². The zero-order valence-corrected chi connectivity index (χ0v) is 10.2. The van der Waals surface area contributed by atoms with Crippen molar-refractivity contribution < 1.29 is 4.52 Å². The Labute approximate surface area is 91.2 Å². The van der Waals surface area contributed by atoms with Gasteiger partial charge in [0.2, 0.25) is 5.89 Å². The van der Waals surface area contributed by atoms with E-state index in [1.165, 1.54) is 0 Å². The van der Waals surface area contributed by atoms with Crippen LogP contribution in [0.1, 0.15) is 52.4 Å². The summed E-state index contributed by atoms with van der Waals surface area (Å²) in [5.41, 5.74) is 5.97. The molecule has 1 unspecified atom stereocenters. The lowest BCUT2D eigenvalue weighted by molar-refractivity contribution is 0.252. The Bertz CT molecular complexity index is 312. The molecule has 0 fully saturated rings. The second-order valence-corrected chi connectivity index (χ2v) is 5.49. The average Bonchev–Trinajstić information content (AvgIpc) is 2.48. The van der Waals surface area contributed by atoms with Gasteiger partial charge in [0.1, 0.15) is 0 Å². The Morgan fingerprint density at radius 2 is 1.93 bits per heavy atom. The van der Waals surface area contributed by atoms with E-state index in [0.29, 0.717) is 11.8 Å². The number of hydrogen-bond acceptors (Lipinski definition) is 4. The van der Waals surface area contributed by atoms with E-state index in [1.54, 1.807) is 0 Å². The molecule has 86 valence electrons. The molecule has 0 amide bonds. The SMILES string of the molecule is CC(C)Cc1noc(C(N)C(C)(C)C)n1. The molecule has 1 aromatic heterocycles. The Hall–Kier alpha value is -0.900. The van der Waals surface area contributed by atoms with Gasteiger partial charge in [0.25, 0.3) is 0 Å². The monoisotopic (exact) mass is 211 g/mol. The van der Waals surface area contributed by atoms with E-state index < -0.39 is 0 Å². The number of aromatic nitrogens is 2. The van der Waals surface area contributed by atoms with Crippen LogP contribution in [-0.2, 0) is 6.42 Å². The summed E-state index contributed by atoms with van der Waals surface area (Å²) in [6.45, 7) is 10.4. The molecule has 2 N–H and O–H groups in total. The van der Waals surface area contributed by atoms with Crippen molar-refractivity contribution in [2.75, 3.05) is 0 Å². The normalized spacial score (nSPS) is 14.6. The molecule has 1 rings (SSSR count). The molecule has 1 atom stereocenters. The van der Waals surface area contributed by atoms with E-state index >= 15 is 0 Å². The van der Waals surface area contributed by atoms with Gasteiger partial charge in [0.05, 0.1) is 6.04 Å². The summed E-state index contributed by atoms with van der Waals surface area (Å²) in [4.78, 5) is 4.31. The summed E-state index contributed by atoms with van der Waals surface area (Å²) < 4.78 is 5.17. The summed E-state index contributed by atoms with van der Waals surface area (Å²) in [5, 5.41) is 3.92. The Balaban J connectivity index is 2.76. The first-order chi connectivity index (χ1) is 6.80. The number of nitrogens with two attached hydrogens (primary N) is 1. The summed E-state index contributed by atoms with van der Waals surface area (Å²) in [6.07, 6.45) is 0.834. The van der Waals surface area contributed by atoms with Crippen molar-refractivity contribution in [2.45, 2.75) is 47.1 Å². The van der Waals surface area contributed by atoms with E-state index in [1.807, 2.05) is 0 Å². The molecule has 0 saturated heterocycles. The summed E-state index contributed by atoms with van der Waals surface area (Å²) in [7, 11) is 0. The molecule has 0 bridgehead atoms. The van der Waals surface area contributed by atoms with Crippen molar-refractivity contribution in [1.82, 2.24) is 10.1 Å².